The Morgan fingerprint density at radius 3 is 2.70 bits per heavy atom. The van der Waals surface area contributed by atoms with Crippen LogP contribution in [-0.2, 0) is 19.4 Å². The number of aryl methyl sites for hydroxylation is 1. The largest absolute Gasteiger partial charge is 0.482 e. The van der Waals surface area contributed by atoms with Crippen LogP contribution in [0, 0.1) is 16.0 Å². The lowest BCUT2D eigenvalue weighted by Crippen LogP contribution is -2.14. The van der Waals surface area contributed by atoms with Crippen molar-refractivity contribution in [2.75, 3.05) is 0 Å². The summed E-state index contributed by atoms with van der Waals surface area (Å²) >= 11 is 0. The Morgan fingerprint density at radius 2 is 2.00 bits per heavy atom. The van der Waals surface area contributed by atoms with E-state index >= 15 is 0 Å². The quantitative estimate of drug-likeness (QED) is 0.594. The van der Waals surface area contributed by atoms with Gasteiger partial charge in [-0.05, 0) is 47.9 Å². The summed E-state index contributed by atoms with van der Waals surface area (Å²) < 4.78 is 5.76. The van der Waals surface area contributed by atoms with E-state index in [1.165, 1.54) is 5.56 Å². The number of nitro groups is 1. The van der Waals surface area contributed by atoms with Crippen LogP contribution in [0.25, 0.3) is 0 Å². The number of hydrogen-bond donors (Lipinski definition) is 0. The van der Waals surface area contributed by atoms with Gasteiger partial charge >= 0.3 is 5.69 Å². The van der Waals surface area contributed by atoms with Gasteiger partial charge in [0, 0.05) is 6.07 Å². The van der Waals surface area contributed by atoms with Crippen molar-refractivity contribution in [2.45, 2.75) is 39.2 Å². The predicted molar refractivity (Wildman–Crippen MR) is 89.7 cm³/mol. The van der Waals surface area contributed by atoms with Crippen molar-refractivity contribution in [1.29, 1.82) is 0 Å². The average molecular weight is 311 g/mol. The summed E-state index contributed by atoms with van der Waals surface area (Å²) in [4.78, 5) is 11.1. The first-order valence-electron chi connectivity index (χ1n) is 8.14. The van der Waals surface area contributed by atoms with E-state index in [1.807, 2.05) is 36.4 Å². The highest BCUT2D eigenvalue weighted by Gasteiger charge is 2.24. The van der Waals surface area contributed by atoms with E-state index in [-0.39, 0.29) is 10.6 Å². The van der Waals surface area contributed by atoms with Gasteiger partial charge in [0.1, 0.15) is 6.61 Å². The highest BCUT2D eigenvalue weighted by Crippen LogP contribution is 2.36. The van der Waals surface area contributed by atoms with Crippen LogP contribution in [0.1, 0.15) is 36.5 Å². The minimum atomic E-state index is -0.337. The molecular formula is C19H21NO3. The second-order valence-corrected chi connectivity index (χ2v) is 6.14. The number of nitrogens with zero attached hydrogens (tertiary/aromatic N) is 1. The molecule has 0 heterocycles. The summed E-state index contributed by atoms with van der Waals surface area (Å²) in [7, 11) is 0. The van der Waals surface area contributed by atoms with Crippen LogP contribution < -0.4 is 4.74 Å². The van der Waals surface area contributed by atoms with Gasteiger partial charge in [-0.3, -0.25) is 10.1 Å². The first kappa shape index (κ1) is 15.5. The van der Waals surface area contributed by atoms with Crippen LogP contribution in [0.4, 0.5) is 5.69 Å². The number of benzene rings is 2. The topological polar surface area (TPSA) is 52.4 Å². The van der Waals surface area contributed by atoms with Crippen LogP contribution in [-0.4, -0.2) is 4.92 Å². The molecule has 0 aromatic heterocycles. The molecule has 0 saturated carbocycles. The molecule has 0 spiro atoms. The zero-order valence-electron chi connectivity index (χ0n) is 13.3. The molecular weight excluding hydrogens is 290 g/mol. The molecule has 1 aliphatic rings. The van der Waals surface area contributed by atoms with E-state index in [0.29, 0.717) is 18.3 Å². The zero-order chi connectivity index (χ0) is 16.2. The molecule has 4 nitrogen and oxygen atoms in total. The lowest BCUT2D eigenvalue weighted by molar-refractivity contribution is -0.386. The maximum Gasteiger partial charge on any atom is 0.311 e. The number of hydrogen-bond acceptors (Lipinski definition) is 3. The van der Waals surface area contributed by atoms with Crippen molar-refractivity contribution in [3.63, 3.8) is 0 Å². The molecule has 120 valence electrons. The molecule has 1 aliphatic carbocycles. The molecule has 3 rings (SSSR count). The number of ether oxygens (including phenoxy) is 1. The van der Waals surface area contributed by atoms with Gasteiger partial charge in [0.15, 0.2) is 5.75 Å². The minimum absolute atomic E-state index is 0.0800. The van der Waals surface area contributed by atoms with Gasteiger partial charge in [0.2, 0.25) is 0 Å². The van der Waals surface area contributed by atoms with E-state index in [2.05, 4.69) is 6.92 Å². The molecule has 23 heavy (non-hydrogen) atoms. The first-order chi connectivity index (χ1) is 11.2. The van der Waals surface area contributed by atoms with Gasteiger partial charge in [0.25, 0.3) is 0 Å². The van der Waals surface area contributed by atoms with Gasteiger partial charge in [-0.2, -0.15) is 0 Å². The van der Waals surface area contributed by atoms with Gasteiger partial charge in [-0.25, -0.2) is 0 Å². The fourth-order valence-electron chi connectivity index (χ4n) is 3.19. The minimum Gasteiger partial charge on any atom is -0.482 e. The van der Waals surface area contributed by atoms with Crippen LogP contribution in [0.3, 0.4) is 0 Å². The Labute approximate surface area is 136 Å². The Balaban J connectivity index is 1.86. The monoisotopic (exact) mass is 311 g/mol. The van der Waals surface area contributed by atoms with Gasteiger partial charge in [0.05, 0.1) is 4.92 Å². The van der Waals surface area contributed by atoms with Crippen LogP contribution in [0.15, 0.2) is 42.5 Å². The van der Waals surface area contributed by atoms with Gasteiger partial charge in [-0.1, -0.05) is 43.7 Å². The highest BCUT2D eigenvalue weighted by molar-refractivity contribution is 5.53. The second kappa shape index (κ2) is 6.82. The highest BCUT2D eigenvalue weighted by atomic mass is 16.6. The molecule has 0 radical (unpaired) electrons. The molecule has 2 aromatic carbocycles. The molecule has 0 saturated heterocycles. The third-order valence-electron chi connectivity index (χ3n) is 4.62. The first-order valence-corrected chi connectivity index (χ1v) is 8.14. The van der Waals surface area contributed by atoms with Crippen molar-refractivity contribution < 1.29 is 9.66 Å². The molecule has 2 aromatic rings. The second-order valence-electron chi connectivity index (χ2n) is 6.14. The van der Waals surface area contributed by atoms with Crippen molar-refractivity contribution in [3.05, 3.63) is 69.3 Å². The Bertz CT molecular complexity index is 697. The third kappa shape index (κ3) is 3.52. The van der Waals surface area contributed by atoms with E-state index in [1.54, 1.807) is 6.07 Å². The zero-order valence-corrected chi connectivity index (χ0v) is 13.3. The normalized spacial score (nSPS) is 16.7. The van der Waals surface area contributed by atoms with Crippen molar-refractivity contribution >= 4 is 5.69 Å². The molecule has 0 bridgehead atoms. The Hall–Kier alpha value is -2.36. The van der Waals surface area contributed by atoms with E-state index in [0.717, 1.165) is 36.8 Å². The molecule has 0 fully saturated rings. The number of fused-ring (bicyclic) bond motifs is 1. The van der Waals surface area contributed by atoms with E-state index in [4.69, 9.17) is 4.74 Å². The standard InChI is InChI=1S/C19H21NO3/c1-2-14-8-9-16-12-19(18(20(21)22)11-17(16)10-14)23-13-15-6-4-3-5-7-15/h3-7,11-12,14H,2,8-10,13H2,1H3. The number of rotatable bonds is 5. The Morgan fingerprint density at radius 1 is 1.22 bits per heavy atom. The van der Waals surface area contributed by atoms with Gasteiger partial charge in [-0.15, -0.1) is 0 Å². The van der Waals surface area contributed by atoms with Crippen molar-refractivity contribution in [1.82, 2.24) is 0 Å². The smallest absolute Gasteiger partial charge is 0.311 e. The number of nitro benzene ring substituents is 1. The average Bonchev–Trinajstić information content (AvgIpc) is 2.59. The SMILES string of the molecule is CCC1CCc2cc(OCc3ccccc3)c([N+](=O)[O-])cc2C1. The van der Waals surface area contributed by atoms with Crippen LogP contribution in [0.2, 0.25) is 0 Å². The summed E-state index contributed by atoms with van der Waals surface area (Å²) in [6, 6.07) is 13.3. The Kier molecular flexibility index (Phi) is 4.60. The summed E-state index contributed by atoms with van der Waals surface area (Å²) in [6.07, 6.45) is 4.19. The summed E-state index contributed by atoms with van der Waals surface area (Å²) in [5, 5.41) is 11.4. The summed E-state index contributed by atoms with van der Waals surface area (Å²) in [6.45, 7) is 2.53. The predicted octanol–water partition coefficient (Wildman–Crippen LogP) is 4.69. The fraction of sp³-hybridized carbons (Fsp3) is 0.368. The lowest BCUT2D eigenvalue weighted by atomic mass is 9.82. The van der Waals surface area contributed by atoms with E-state index < -0.39 is 0 Å². The molecule has 0 N–H and O–H groups in total. The molecule has 0 amide bonds. The molecule has 1 atom stereocenters. The van der Waals surface area contributed by atoms with Crippen molar-refractivity contribution in [2.24, 2.45) is 5.92 Å². The maximum absolute atomic E-state index is 11.4. The third-order valence-corrected chi connectivity index (χ3v) is 4.62. The lowest BCUT2D eigenvalue weighted by Gasteiger charge is -2.24. The molecule has 1 unspecified atom stereocenters. The van der Waals surface area contributed by atoms with Crippen molar-refractivity contribution in [3.8, 4) is 5.75 Å². The summed E-state index contributed by atoms with van der Waals surface area (Å²) in [5.74, 6) is 1.02. The molecule has 0 aliphatic heterocycles. The molecule has 4 heteroatoms. The van der Waals surface area contributed by atoms with Crippen LogP contribution in [0.5, 0.6) is 5.75 Å². The summed E-state index contributed by atoms with van der Waals surface area (Å²) in [5.41, 5.74) is 3.40. The van der Waals surface area contributed by atoms with Gasteiger partial charge < -0.3 is 4.74 Å². The fourth-order valence-corrected chi connectivity index (χ4v) is 3.19. The van der Waals surface area contributed by atoms with Crippen LogP contribution >= 0.6 is 0 Å². The van der Waals surface area contributed by atoms with E-state index in [9.17, 15) is 10.1 Å². The maximum atomic E-state index is 11.4.